The molecule has 22 heavy (non-hydrogen) atoms. The van der Waals surface area contributed by atoms with Crippen LogP contribution in [-0.2, 0) is 6.54 Å². The van der Waals surface area contributed by atoms with E-state index >= 15 is 0 Å². The van der Waals surface area contributed by atoms with Crippen LogP contribution >= 0.6 is 15.9 Å². The first kappa shape index (κ1) is 15.6. The first-order chi connectivity index (χ1) is 10.7. The number of piperidine rings is 1. The van der Waals surface area contributed by atoms with Crippen molar-refractivity contribution in [1.82, 2.24) is 15.1 Å². The molecule has 1 aromatic heterocycles. The van der Waals surface area contributed by atoms with Gasteiger partial charge in [-0.1, -0.05) is 22.0 Å². The van der Waals surface area contributed by atoms with Crippen LogP contribution in [0.2, 0.25) is 0 Å². The summed E-state index contributed by atoms with van der Waals surface area (Å²) in [7, 11) is 0. The molecule has 0 unspecified atom stereocenters. The van der Waals surface area contributed by atoms with Crippen LogP contribution in [0.5, 0.6) is 0 Å². The number of hydrogen-bond acceptors (Lipinski definition) is 5. The Hall–Kier alpha value is -1.24. The van der Waals surface area contributed by atoms with E-state index in [1.165, 1.54) is 0 Å². The predicted octanol–water partition coefficient (Wildman–Crippen LogP) is 3.01. The lowest BCUT2D eigenvalue weighted by atomic mass is 9.98. The van der Waals surface area contributed by atoms with Gasteiger partial charge in [0.15, 0.2) is 0 Å². The van der Waals surface area contributed by atoms with Gasteiger partial charge >= 0.3 is 0 Å². The number of benzene rings is 1. The fraction of sp³-hybridized carbons (Fsp3) is 0.500. The molecule has 1 saturated heterocycles. The quantitative estimate of drug-likeness (QED) is 0.901. The molecular formula is C16H20BrN3O2. The van der Waals surface area contributed by atoms with Gasteiger partial charge in [0.05, 0.1) is 6.54 Å². The van der Waals surface area contributed by atoms with E-state index in [0.717, 1.165) is 41.5 Å². The highest BCUT2D eigenvalue weighted by Crippen LogP contribution is 2.28. The highest BCUT2D eigenvalue weighted by molar-refractivity contribution is 9.10. The molecule has 1 N–H and O–H groups in total. The number of likely N-dealkylation sites (tertiary alicyclic amines) is 1. The molecule has 2 heterocycles. The van der Waals surface area contributed by atoms with Crippen molar-refractivity contribution in [3.63, 3.8) is 0 Å². The summed E-state index contributed by atoms with van der Waals surface area (Å²) in [6.07, 6.45) is 2.06. The lowest BCUT2D eigenvalue weighted by Crippen LogP contribution is -2.34. The second-order valence-electron chi connectivity index (χ2n) is 5.82. The van der Waals surface area contributed by atoms with Crippen LogP contribution in [0.25, 0.3) is 11.5 Å². The van der Waals surface area contributed by atoms with Gasteiger partial charge in [0.1, 0.15) is 0 Å². The maximum atomic E-state index is 9.18. The first-order valence-corrected chi connectivity index (χ1v) is 8.37. The number of aliphatic hydroxyl groups is 1. The summed E-state index contributed by atoms with van der Waals surface area (Å²) < 4.78 is 6.87. The molecular weight excluding hydrogens is 346 g/mol. The molecule has 1 fully saturated rings. The summed E-state index contributed by atoms with van der Waals surface area (Å²) in [5, 5.41) is 17.5. The van der Waals surface area contributed by atoms with Crippen molar-refractivity contribution in [3.8, 4) is 11.5 Å². The molecule has 1 aliphatic heterocycles. The van der Waals surface area contributed by atoms with Crippen LogP contribution < -0.4 is 0 Å². The molecule has 0 saturated carbocycles. The van der Waals surface area contributed by atoms with Crippen LogP contribution in [0.1, 0.15) is 24.3 Å². The highest BCUT2D eigenvalue weighted by atomic mass is 79.9. The van der Waals surface area contributed by atoms with Gasteiger partial charge in [-0.2, -0.15) is 0 Å². The molecule has 118 valence electrons. The molecule has 6 heteroatoms. The van der Waals surface area contributed by atoms with E-state index < -0.39 is 0 Å². The normalized spacial score (nSPS) is 17.0. The molecule has 0 radical (unpaired) electrons. The summed E-state index contributed by atoms with van der Waals surface area (Å²) in [5.74, 6) is 1.66. The molecule has 2 aromatic rings. The highest BCUT2D eigenvalue weighted by Gasteiger charge is 2.20. The van der Waals surface area contributed by atoms with E-state index in [4.69, 9.17) is 4.42 Å². The topological polar surface area (TPSA) is 62.4 Å². The Labute approximate surface area is 138 Å². The fourth-order valence-electron chi connectivity index (χ4n) is 2.78. The number of nitrogens with zero attached hydrogens (tertiary/aromatic N) is 3. The number of aromatic nitrogens is 2. The third-order valence-corrected chi connectivity index (χ3v) is 5.15. The zero-order valence-corrected chi connectivity index (χ0v) is 14.2. The molecule has 1 aromatic carbocycles. The molecule has 0 atom stereocenters. The molecule has 0 spiro atoms. The molecule has 0 amide bonds. The van der Waals surface area contributed by atoms with Crippen molar-refractivity contribution < 1.29 is 9.52 Å². The van der Waals surface area contributed by atoms with Crippen LogP contribution in [0.4, 0.5) is 0 Å². The SMILES string of the molecule is Cc1c(Br)cccc1-c1nnc(CN2CCC(CO)CC2)o1. The van der Waals surface area contributed by atoms with Gasteiger partial charge in [0, 0.05) is 16.6 Å². The van der Waals surface area contributed by atoms with Crippen molar-refractivity contribution in [3.05, 3.63) is 34.1 Å². The lowest BCUT2D eigenvalue weighted by Gasteiger charge is -2.29. The largest absolute Gasteiger partial charge is 0.419 e. The van der Waals surface area contributed by atoms with Crippen LogP contribution in [-0.4, -0.2) is 39.9 Å². The number of rotatable bonds is 4. The van der Waals surface area contributed by atoms with Gasteiger partial charge in [-0.3, -0.25) is 4.90 Å². The van der Waals surface area contributed by atoms with E-state index in [0.29, 0.717) is 30.9 Å². The third-order valence-electron chi connectivity index (χ3n) is 4.29. The standard InChI is InChI=1S/C16H20BrN3O2/c1-11-13(3-2-4-14(11)17)16-19-18-15(22-16)9-20-7-5-12(10-21)6-8-20/h2-4,12,21H,5-10H2,1H3. The minimum Gasteiger partial charge on any atom is -0.419 e. The summed E-state index contributed by atoms with van der Waals surface area (Å²) in [6.45, 7) is 4.94. The smallest absolute Gasteiger partial charge is 0.248 e. The first-order valence-electron chi connectivity index (χ1n) is 7.58. The second kappa shape index (κ2) is 6.89. The predicted molar refractivity (Wildman–Crippen MR) is 87.3 cm³/mol. The zero-order valence-electron chi connectivity index (χ0n) is 12.6. The molecule has 0 bridgehead atoms. The van der Waals surface area contributed by atoms with Crippen LogP contribution in [0, 0.1) is 12.8 Å². The van der Waals surface area contributed by atoms with Gasteiger partial charge in [0.2, 0.25) is 11.8 Å². The summed E-state index contributed by atoms with van der Waals surface area (Å²) in [6, 6.07) is 5.96. The maximum Gasteiger partial charge on any atom is 0.248 e. The zero-order chi connectivity index (χ0) is 15.5. The van der Waals surface area contributed by atoms with Gasteiger partial charge in [-0.25, -0.2) is 0 Å². The van der Waals surface area contributed by atoms with Crippen molar-refractivity contribution >= 4 is 15.9 Å². The Morgan fingerprint density at radius 2 is 2.09 bits per heavy atom. The maximum absolute atomic E-state index is 9.18. The molecule has 1 aliphatic rings. The Morgan fingerprint density at radius 3 is 2.82 bits per heavy atom. The van der Waals surface area contributed by atoms with E-state index in [-0.39, 0.29) is 0 Å². The monoisotopic (exact) mass is 365 g/mol. The molecule has 5 nitrogen and oxygen atoms in total. The molecule has 3 rings (SSSR count). The number of aliphatic hydroxyl groups excluding tert-OH is 1. The third kappa shape index (κ3) is 3.39. The Balaban J connectivity index is 1.68. The lowest BCUT2D eigenvalue weighted by molar-refractivity contribution is 0.121. The van der Waals surface area contributed by atoms with Crippen molar-refractivity contribution in [2.24, 2.45) is 5.92 Å². The second-order valence-corrected chi connectivity index (χ2v) is 6.67. The van der Waals surface area contributed by atoms with Gasteiger partial charge in [-0.15, -0.1) is 10.2 Å². The van der Waals surface area contributed by atoms with Crippen LogP contribution in [0.3, 0.4) is 0 Å². The average Bonchev–Trinajstić information content (AvgIpc) is 2.99. The Morgan fingerprint density at radius 1 is 1.32 bits per heavy atom. The van der Waals surface area contributed by atoms with Crippen molar-refractivity contribution in [2.75, 3.05) is 19.7 Å². The van der Waals surface area contributed by atoms with E-state index in [2.05, 4.69) is 31.0 Å². The summed E-state index contributed by atoms with van der Waals surface area (Å²) >= 11 is 3.52. The van der Waals surface area contributed by atoms with Gasteiger partial charge < -0.3 is 9.52 Å². The van der Waals surface area contributed by atoms with Crippen molar-refractivity contribution in [1.29, 1.82) is 0 Å². The minimum atomic E-state index is 0.292. The summed E-state index contributed by atoms with van der Waals surface area (Å²) in [5.41, 5.74) is 2.06. The van der Waals surface area contributed by atoms with Crippen molar-refractivity contribution in [2.45, 2.75) is 26.3 Å². The van der Waals surface area contributed by atoms with E-state index in [1.54, 1.807) is 0 Å². The van der Waals surface area contributed by atoms with Gasteiger partial charge in [-0.05, 0) is 56.5 Å². The van der Waals surface area contributed by atoms with E-state index in [1.807, 2.05) is 25.1 Å². The minimum absolute atomic E-state index is 0.292. The molecule has 0 aliphatic carbocycles. The van der Waals surface area contributed by atoms with E-state index in [9.17, 15) is 5.11 Å². The Bertz CT molecular complexity index is 636. The van der Waals surface area contributed by atoms with Gasteiger partial charge in [0.25, 0.3) is 0 Å². The van der Waals surface area contributed by atoms with Crippen LogP contribution in [0.15, 0.2) is 27.1 Å². The average molecular weight is 366 g/mol. The Kier molecular flexibility index (Phi) is 4.90. The number of halogens is 1. The summed E-state index contributed by atoms with van der Waals surface area (Å²) in [4.78, 5) is 2.30. The number of hydrogen-bond donors (Lipinski definition) is 1. The fourth-order valence-corrected chi connectivity index (χ4v) is 3.15.